The molecule has 2 N–H and O–H groups in total. The Kier molecular flexibility index (Phi) is 4.25. The average molecular weight is 227 g/mol. The van der Waals surface area contributed by atoms with Gasteiger partial charge in [-0.3, -0.25) is 4.79 Å². The third kappa shape index (κ3) is 2.93. The molecule has 0 bridgehead atoms. The SMILES string of the molecule is COC(=O)C[C@@H](N)c1cc(F)ccc1OC. The second-order valence-corrected chi connectivity index (χ2v) is 3.27. The van der Waals surface area contributed by atoms with Crippen LogP contribution in [0.2, 0.25) is 0 Å². The van der Waals surface area contributed by atoms with Crippen molar-refractivity contribution in [1.82, 2.24) is 0 Å². The fraction of sp³-hybridized carbons (Fsp3) is 0.364. The quantitative estimate of drug-likeness (QED) is 0.790. The van der Waals surface area contributed by atoms with Gasteiger partial charge in [-0.05, 0) is 18.2 Å². The van der Waals surface area contributed by atoms with Gasteiger partial charge in [0.2, 0.25) is 0 Å². The molecule has 1 aromatic carbocycles. The van der Waals surface area contributed by atoms with E-state index in [2.05, 4.69) is 4.74 Å². The molecule has 0 amide bonds. The summed E-state index contributed by atoms with van der Waals surface area (Å²) in [6, 6.07) is 3.36. The van der Waals surface area contributed by atoms with Crippen LogP contribution < -0.4 is 10.5 Å². The van der Waals surface area contributed by atoms with Gasteiger partial charge in [0.25, 0.3) is 0 Å². The van der Waals surface area contributed by atoms with Crippen molar-refractivity contribution >= 4 is 5.97 Å². The molecule has 1 atom stereocenters. The van der Waals surface area contributed by atoms with Gasteiger partial charge in [0.05, 0.1) is 20.6 Å². The van der Waals surface area contributed by atoms with E-state index in [1.807, 2.05) is 0 Å². The summed E-state index contributed by atoms with van der Waals surface area (Å²) in [5, 5.41) is 0. The van der Waals surface area contributed by atoms with E-state index in [1.165, 1.54) is 32.4 Å². The van der Waals surface area contributed by atoms with Gasteiger partial charge in [-0.1, -0.05) is 0 Å². The summed E-state index contributed by atoms with van der Waals surface area (Å²) in [5.74, 6) is -0.410. The highest BCUT2D eigenvalue weighted by molar-refractivity contribution is 5.70. The van der Waals surface area contributed by atoms with Gasteiger partial charge >= 0.3 is 5.97 Å². The summed E-state index contributed by atoms with van der Waals surface area (Å²) < 4.78 is 22.6. The molecule has 16 heavy (non-hydrogen) atoms. The van der Waals surface area contributed by atoms with Crippen molar-refractivity contribution in [1.29, 1.82) is 0 Å². The van der Waals surface area contributed by atoms with Crippen LogP contribution in [0.4, 0.5) is 4.39 Å². The Bertz CT molecular complexity index is 381. The normalized spacial score (nSPS) is 12.0. The summed E-state index contributed by atoms with van der Waals surface area (Å²) in [7, 11) is 2.74. The number of esters is 1. The minimum atomic E-state index is -0.641. The highest BCUT2D eigenvalue weighted by atomic mass is 19.1. The number of benzene rings is 1. The lowest BCUT2D eigenvalue weighted by Gasteiger charge is -2.14. The van der Waals surface area contributed by atoms with E-state index in [-0.39, 0.29) is 6.42 Å². The van der Waals surface area contributed by atoms with Crippen LogP contribution in [0.15, 0.2) is 18.2 Å². The van der Waals surface area contributed by atoms with Crippen LogP contribution in [0.25, 0.3) is 0 Å². The van der Waals surface area contributed by atoms with Crippen molar-refractivity contribution in [2.24, 2.45) is 5.73 Å². The van der Waals surface area contributed by atoms with Crippen LogP contribution in [-0.4, -0.2) is 20.2 Å². The Morgan fingerprint density at radius 1 is 1.50 bits per heavy atom. The molecule has 0 heterocycles. The van der Waals surface area contributed by atoms with Crippen LogP contribution in [0.5, 0.6) is 5.75 Å². The van der Waals surface area contributed by atoms with Crippen LogP contribution in [-0.2, 0) is 9.53 Å². The first-order chi connectivity index (χ1) is 7.58. The molecule has 0 saturated carbocycles. The average Bonchev–Trinajstić information content (AvgIpc) is 2.28. The number of nitrogens with two attached hydrogens (primary N) is 1. The Labute approximate surface area is 93.2 Å². The van der Waals surface area contributed by atoms with Gasteiger partial charge < -0.3 is 15.2 Å². The van der Waals surface area contributed by atoms with Crippen LogP contribution >= 0.6 is 0 Å². The van der Waals surface area contributed by atoms with Crippen LogP contribution in [0, 0.1) is 5.82 Å². The molecule has 1 aromatic rings. The lowest BCUT2D eigenvalue weighted by molar-refractivity contribution is -0.141. The van der Waals surface area contributed by atoms with E-state index >= 15 is 0 Å². The molecule has 4 nitrogen and oxygen atoms in total. The first-order valence-electron chi connectivity index (χ1n) is 4.74. The van der Waals surface area contributed by atoms with E-state index in [1.54, 1.807) is 0 Å². The Morgan fingerprint density at radius 2 is 2.19 bits per heavy atom. The van der Waals surface area contributed by atoms with Gasteiger partial charge in [-0.15, -0.1) is 0 Å². The maximum atomic E-state index is 13.0. The van der Waals surface area contributed by atoms with Crippen molar-refractivity contribution in [3.8, 4) is 5.75 Å². The second-order valence-electron chi connectivity index (χ2n) is 3.27. The lowest BCUT2D eigenvalue weighted by atomic mass is 10.0. The zero-order valence-corrected chi connectivity index (χ0v) is 9.20. The van der Waals surface area contributed by atoms with Crippen molar-refractivity contribution < 1.29 is 18.7 Å². The van der Waals surface area contributed by atoms with Crippen molar-refractivity contribution in [3.63, 3.8) is 0 Å². The number of methoxy groups -OCH3 is 2. The van der Waals surface area contributed by atoms with Crippen molar-refractivity contribution in [2.75, 3.05) is 14.2 Å². The number of hydrogen-bond donors (Lipinski definition) is 1. The molecule has 0 spiro atoms. The highest BCUT2D eigenvalue weighted by Crippen LogP contribution is 2.26. The van der Waals surface area contributed by atoms with E-state index < -0.39 is 17.8 Å². The third-order valence-corrected chi connectivity index (χ3v) is 2.21. The Morgan fingerprint density at radius 3 is 2.75 bits per heavy atom. The standard InChI is InChI=1S/C11H14FNO3/c1-15-10-4-3-7(12)5-8(10)9(13)6-11(14)16-2/h3-5,9H,6,13H2,1-2H3/t9-/m1/s1. The van der Waals surface area contributed by atoms with Gasteiger partial charge in [-0.2, -0.15) is 0 Å². The van der Waals surface area contributed by atoms with Crippen molar-refractivity contribution in [2.45, 2.75) is 12.5 Å². The molecular weight excluding hydrogens is 213 g/mol. The monoisotopic (exact) mass is 227 g/mol. The van der Waals surface area contributed by atoms with E-state index in [0.717, 1.165) is 0 Å². The summed E-state index contributed by atoms with van der Waals surface area (Å²) in [6.07, 6.45) is -0.0175. The number of rotatable bonds is 4. The Balaban J connectivity index is 2.92. The first-order valence-corrected chi connectivity index (χ1v) is 4.74. The van der Waals surface area contributed by atoms with E-state index in [9.17, 15) is 9.18 Å². The van der Waals surface area contributed by atoms with Gasteiger partial charge in [0.15, 0.2) is 0 Å². The first kappa shape index (κ1) is 12.4. The minimum Gasteiger partial charge on any atom is -0.496 e. The van der Waals surface area contributed by atoms with Gasteiger partial charge in [0, 0.05) is 11.6 Å². The number of halogens is 1. The molecule has 0 aliphatic rings. The third-order valence-electron chi connectivity index (χ3n) is 2.21. The molecule has 0 fully saturated rings. The molecule has 0 aromatic heterocycles. The number of ether oxygens (including phenoxy) is 2. The molecule has 0 aliphatic heterocycles. The molecule has 0 aliphatic carbocycles. The fourth-order valence-electron chi connectivity index (χ4n) is 1.37. The molecule has 0 saturated heterocycles. The largest absolute Gasteiger partial charge is 0.496 e. The highest BCUT2D eigenvalue weighted by Gasteiger charge is 2.16. The Hall–Kier alpha value is -1.62. The predicted octanol–water partition coefficient (Wildman–Crippen LogP) is 1.40. The summed E-state index contributed by atoms with van der Waals surface area (Å²) in [4.78, 5) is 11.0. The molecule has 0 unspecified atom stereocenters. The molecule has 5 heteroatoms. The summed E-state index contributed by atoms with van der Waals surface area (Å²) in [6.45, 7) is 0. The maximum absolute atomic E-state index is 13.0. The second kappa shape index (κ2) is 5.46. The number of carbonyl (C=O) groups excluding carboxylic acids is 1. The van der Waals surface area contributed by atoms with Crippen LogP contribution in [0.3, 0.4) is 0 Å². The topological polar surface area (TPSA) is 61.5 Å². The fourth-order valence-corrected chi connectivity index (χ4v) is 1.37. The van der Waals surface area contributed by atoms with Gasteiger partial charge in [-0.25, -0.2) is 4.39 Å². The molecule has 1 rings (SSSR count). The van der Waals surface area contributed by atoms with E-state index in [4.69, 9.17) is 10.5 Å². The summed E-state index contributed by atoms with van der Waals surface area (Å²) >= 11 is 0. The molecule has 88 valence electrons. The zero-order chi connectivity index (χ0) is 12.1. The number of carbonyl (C=O) groups is 1. The molecule has 0 radical (unpaired) electrons. The van der Waals surface area contributed by atoms with Crippen LogP contribution in [0.1, 0.15) is 18.0 Å². The zero-order valence-electron chi connectivity index (χ0n) is 9.20. The summed E-state index contributed by atoms with van der Waals surface area (Å²) in [5.41, 5.74) is 6.22. The smallest absolute Gasteiger partial charge is 0.307 e. The predicted molar refractivity (Wildman–Crippen MR) is 56.5 cm³/mol. The minimum absolute atomic E-state index is 0.0175. The maximum Gasteiger partial charge on any atom is 0.307 e. The lowest BCUT2D eigenvalue weighted by Crippen LogP contribution is -2.17. The van der Waals surface area contributed by atoms with E-state index in [0.29, 0.717) is 11.3 Å². The number of hydrogen-bond acceptors (Lipinski definition) is 4. The van der Waals surface area contributed by atoms with Crippen molar-refractivity contribution in [3.05, 3.63) is 29.6 Å². The van der Waals surface area contributed by atoms with Gasteiger partial charge in [0.1, 0.15) is 11.6 Å². The molecular formula is C11H14FNO3.